The molecule has 0 saturated carbocycles. The SMILES string of the molecule is CCC(CC(C)(C)O)C(C)C. The quantitative estimate of drug-likeness (QED) is 0.667. The number of hydrogen-bond acceptors (Lipinski definition) is 1. The van der Waals surface area contributed by atoms with Crippen LogP contribution in [0.1, 0.15) is 47.5 Å². The first-order valence-electron chi connectivity index (χ1n) is 4.59. The minimum Gasteiger partial charge on any atom is -0.390 e. The summed E-state index contributed by atoms with van der Waals surface area (Å²) in [5, 5.41) is 9.57. The van der Waals surface area contributed by atoms with Gasteiger partial charge in [-0.2, -0.15) is 0 Å². The van der Waals surface area contributed by atoms with E-state index >= 15 is 0 Å². The van der Waals surface area contributed by atoms with E-state index in [2.05, 4.69) is 20.8 Å². The minimum atomic E-state index is -0.495. The molecule has 1 atom stereocenters. The van der Waals surface area contributed by atoms with E-state index in [1.807, 2.05) is 13.8 Å². The van der Waals surface area contributed by atoms with Crippen molar-refractivity contribution in [3.63, 3.8) is 0 Å². The molecule has 11 heavy (non-hydrogen) atoms. The monoisotopic (exact) mass is 158 g/mol. The number of rotatable bonds is 4. The van der Waals surface area contributed by atoms with Crippen molar-refractivity contribution < 1.29 is 5.11 Å². The molecule has 0 aromatic heterocycles. The molecule has 0 fully saturated rings. The van der Waals surface area contributed by atoms with Crippen LogP contribution in [0.3, 0.4) is 0 Å². The molecule has 0 spiro atoms. The van der Waals surface area contributed by atoms with Crippen molar-refractivity contribution in [2.75, 3.05) is 0 Å². The van der Waals surface area contributed by atoms with Gasteiger partial charge < -0.3 is 5.11 Å². The Hall–Kier alpha value is -0.0400. The molecule has 0 rings (SSSR count). The summed E-state index contributed by atoms with van der Waals surface area (Å²) in [7, 11) is 0. The molecule has 0 aromatic rings. The Bertz CT molecular complexity index is 99.9. The number of hydrogen-bond donors (Lipinski definition) is 1. The third-order valence-corrected chi connectivity index (χ3v) is 2.23. The van der Waals surface area contributed by atoms with Crippen LogP contribution in [0.15, 0.2) is 0 Å². The molecule has 0 bridgehead atoms. The van der Waals surface area contributed by atoms with Crippen LogP contribution in [0.5, 0.6) is 0 Å². The Morgan fingerprint density at radius 2 is 1.73 bits per heavy atom. The van der Waals surface area contributed by atoms with Gasteiger partial charge in [-0.3, -0.25) is 0 Å². The zero-order chi connectivity index (χ0) is 9.07. The first-order chi connectivity index (χ1) is 4.87. The highest BCUT2D eigenvalue weighted by atomic mass is 16.3. The molecule has 1 heteroatoms. The van der Waals surface area contributed by atoms with Crippen LogP contribution in [-0.2, 0) is 0 Å². The van der Waals surface area contributed by atoms with Crippen molar-refractivity contribution in [3.05, 3.63) is 0 Å². The van der Waals surface area contributed by atoms with E-state index < -0.39 is 5.60 Å². The molecule has 1 unspecified atom stereocenters. The molecular weight excluding hydrogens is 136 g/mol. The first-order valence-corrected chi connectivity index (χ1v) is 4.59. The largest absolute Gasteiger partial charge is 0.390 e. The van der Waals surface area contributed by atoms with Crippen molar-refractivity contribution >= 4 is 0 Å². The average molecular weight is 158 g/mol. The maximum Gasteiger partial charge on any atom is 0.0594 e. The molecule has 0 heterocycles. The standard InChI is InChI=1S/C10H22O/c1-6-9(8(2)3)7-10(4,5)11/h8-9,11H,6-7H2,1-5H3. The van der Waals surface area contributed by atoms with Gasteiger partial charge in [0.15, 0.2) is 0 Å². The summed E-state index contributed by atoms with van der Waals surface area (Å²) in [6.07, 6.45) is 2.09. The Morgan fingerprint density at radius 1 is 1.27 bits per heavy atom. The topological polar surface area (TPSA) is 20.2 Å². The van der Waals surface area contributed by atoms with E-state index in [0.717, 1.165) is 6.42 Å². The molecule has 1 nitrogen and oxygen atoms in total. The fourth-order valence-electron chi connectivity index (χ4n) is 1.49. The Balaban J connectivity index is 3.88. The van der Waals surface area contributed by atoms with E-state index in [1.54, 1.807) is 0 Å². The Morgan fingerprint density at radius 3 is 1.82 bits per heavy atom. The van der Waals surface area contributed by atoms with E-state index in [1.165, 1.54) is 6.42 Å². The third kappa shape index (κ3) is 5.25. The summed E-state index contributed by atoms with van der Waals surface area (Å²) < 4.78 is 0. The van der Waals surface area contributed by atoms with Crippen LogP contribution in [0.4, 0.5) is 0 Å². The second-order valence-electron chi connectivity index (χ2n) is 4.43. The minimum absolute atomic E-state index is 0.495. The van der Waals surface area contributed by atoms with Gasteiger partial charge in [0, 0.05) is 0 Å². The summed E-state index contributed by atoms with van der Waals surface area (Å²) in [5.41, 5.74) is -0.495. The molecule has 0 aliphatic rings. The van der Waals surface area contributed by atoms with Crippen molar-refractivity contribution in [1.82, 2.24) is 0 Å². The lowest BCUT2D eigenvalue weighted by atomic mass is 9.84. The molecule has 68 valence electrons. The molecule has 0 saturated heterocycles. The summed E-state index contributed by atoms with van der Waals surface area (Å²) in [5.74, 6) is 1.35. The fourth-order valence-corrected chi connectivity index (χ4v) is 1.49. The molecule has 0 aliphatic carbocycles. The van der Waals surface area contributed by atoms with E-state index in [0.29, 0.717) is 11.8 Å². The Kier molecular flexibility index (Phi) is 4.09. The van der Waals surface area contributed by atoms with Gasteiger partial charge in [-0.05, 0) is 32.1 Å². The van der Waals surface area contributed by atoms with Crippen molar-refractivity contribution in [1.29, 1.82) is 0 Å². The summed E-state index contributed by atoms with van der Waals surface area (Å²) in [4.78, 5) is 0. The van der Waals surface area contributed by atoms with Gasteiger partial charge in [0.25, 0.3) is 0 Å². The lowest BCUT2D eigenvalue weighted by molar-refractivity contribution is 0.0433. The summed E-state index contributed by atoms with van der Waals surface area (Å²) >= 11 is 0. The van der Waals surface area contributed by atoms with Crippen molar-refractivity contribution in [2.45, 2.75) is 53.1 Å². The van der Waals surface area contributed by atoms with Gasteiger partial charge >= 0.3 is 0 Å². The summed E-state index contributed by atoms with van der Waals surface area (Å²) in [6.45, 7) is 10.4. The first kappa shape index (κ1) is 11.0. The van der Waals surface area contributed by atoms with E-state index in [9.17, 15) is 5.11 Å². The van der Waals surface area contributed by atoms with E-state index in [-0.39, 0.29) is 0 Å². The van der Waals surface area contributed by atoms with Crippen LogP contribution in [0.25, 0.3) is 0 Å². The van der Waals surface area contributed by atoms with Crippen LogP contribution in [-0.4, -0.2) is 10.7 Å². The average Bonchev–Trinajstić information content (AvgIpc) is 1.80. The lowest BCUT2D eigenvalue weighted by Crippen LogP contribution is -2.25. The predicted octanol–water partition coefficient (Wildman–Crippen LogP) is 2.83. The van der Waals surface area contributed by atoms with Crippen molar-refractivity contribution in [3.8, 4) is 0 Å². The summed E-state index contributed by atoms with van der Waals surface area (Å²) in [6, 6.07) is 0. The normalized spacial score (nSPS) is 15.5. The highest BCUT2D eigenvalue weighted by Gasteiger charge is 2.20. The van der Waals surface area contributed by atoms with Crippen molar-refractivity contribution in [2.24, 2.45) is 11.8 Å². The molecular formula is C10H22O. The lowest BCUT2D eigenvalue weighted by Gasteiger charge is -2.26. The Labute approximate surface area is 70.8 Å². The maximum absolute atomic E-state index is 9.57. The van der Waals surface area contributed by atoms with Gasteiger partial charge in [-0.1, -0.05) is 27.2 Å². The zero-order valence-electron chi connectivity index (χ0n) is 8.52. The van der Waals surface area contributed by atoms with Gasteiger partial charge in [-0.15, -0.1) is 0 Å². The van der Waals surface area contributed by atoms with Gasteiger partial charge in [0.05, 0.1) is 5.60 Å². The molecule has 0 amide bonds. The molecule has 1 N–H and O–H groups in total. The number of aliphatic hydroxyl groups is 1. The van der Waals surface area contributed by atoms with Crippen LogP contribution in [0.2, 0.25) is 0 Å². The third-order valence-electron chi connectivity index (χ3n) is 2.23. The fraction of sp³-hybridized carbons (Fsp3) is 1.00. The van der Waals surface area contributed by atoms with Gasteiger partial charge in [0.1, 0.15) is 0 Å². The van der Waals surface area contributed by atoms with Gasteiger partial charge in [-0.25, -0.2) is 0 Å². The van der Waals surface area contributed by atoms with Gasteiger partial charge in [0.2, 0.25) is 0 Å². The second-order valence-corrected chi connectivity index (χ2v) is 4.43. The maximum atomic E-state index is 9.57. The molecule has 0 aliphatic heterocycles. The predicted molar refractivity (Wildman–Crippen MR) is 49.5 cm³/mol. The highest BCUT2D eigenvalue weighted by molar-refractivity contribution is 4.72. The molecule has 0 aromatic carbocycles. The molecule has 0 radical (unpaired) electrons. The smallest absolute Gasteiger partial charge is 0.0594 e. The van der Waals surface area contributed by atoms with Crippen LogP contribution >= 0.6 is 0 Å². The second kappa shape index (κ2) is 4.10. The zero-order valence-corrected chi connectivity index (χ0v) is 8.52. The van der Waals surface area contributed by atoms with Crippen LogP contribution in [0, 0.1) is 11.8 Å². The van der Waals surface area contributed by atoms with E-state index in [4.69, 9.17) is 0 Å². The highest BCUT2D eigenvalue weighted by Crippen LogP contribution is 2.25. The van der Waals surface area contributed by atoms with Crippen LogP contribution < -0.4 is 0 Å².